The van der Waals surface area contributed by atoms with Crippen LogP contribution >= 0.6 is 0 Å². The first kappa shape index (κ1) is 14.1. The van der Waals surface area contributed by atoms with Crippen LogP contribution < -0.4 is 5.32 Å². The fourth-order valence-electron chi connectivity index (χ4n) is 3.41. The van der Waals surface area contributed by atoms with Crippen molar-refractivity contribution in [2.24, 2.45) is 5.92 Å². The van der Waals surface area contributed by atoms with Gasteiger partial charge in [-0.25, -0.2) is 0 Å². The van der Waals surface area contributed by atoms with Gasteiger partial charge in [0.15, 0.2) is 0 Å². The highest BCUT2D eigenvalue weighted by Gasteiger charge is 2.34. The monoisotopic (exact) mass is 272 g/mol. The summed E-state index contributed by atoms with van der Waals surface area (Å²) in [5, 5.41) is 3.75. The Labute approximate surface area is 123 Å². The SMILES string of the molecule is Cc1ccccc1C[C@@H](C)NC[C@@H]1CCN(C2CC2)C1. The van der Waals surface area contributed by atoms with E-state index >= 15 is 0 Å². The summed E-state index contributed by atoms with van der Waals surface area (Å²) in [5.74, 6) is 0.870. The second kappa shape index (κ2) is 6.28. The summed E-state index contributed by atoms with van der Waals surface area (Å²) in [6.07, 6.45) is 5.43. The minimum absolute atomic E-state index is 0.575. The fourth-order valence-corrected chi connectivity index (χ4v) is 3.41. The van der Waals surface area contributed by atoms with Crippen molar-refractivity contribution in [3.63, 3.8) is 0 Å². The lowest BCUT2D eigenvalue weighted by Crippen LogP contribution is -2.34. The van der Waals surface area contributed by atoms with E-state index in [0.717, 1.165) is 18.4 Å². The molecule has 3 rings (SSSR count). The third kappa shape index (κ3) is 3.62. The number of likely N-dealkylation sites (tertiary alicyclic amines) is 1. The van der Waals surface area contributed by atoms with Gasteiger partial charge in [0.05, 0.1) is 0 Å². The van der Waals surface area contributed by atoms with Crippen LogP contribution in [0.3, 0.4) is 0 Å². The molecule has 1 aromatic carbocycles. The molecule has 0 bridgehead atoms. The lowest BCUT2D eigenvalue weighted by molar-refractivity contribution is 0.309. The van der Waals surface area contributed by atoms with Crippen LogP contribution in [0.5, 0.6) is 0 Å². The highest BCUT2D eigenvalue weighted by Crippen LogP contribution is 2.31. The van der Waals surface area contributed by atoms with Crippen LogP contribution in [-0.2, 0) is 6.42 Å². The fraction of sp³-hybridized carbons (Fsp3) is 0.667. The predicted molar refractivity (Wildman–Crippen MR) is 85.0 cm³/mol. The van der Waals surface area contributed by atoms with Crippen LogP contribution in [0.1, 0.15) is 37.3 Å². The zero-order chi connectivity index (χ0) is 13.9. The minimum atomic E-state index is 0.575. The summed E-state index contributed by atoms with van der Waals surface area (Å²) >= 11 is 0. The van der Waals surface area contributed by atoms with Crippen molar-refractivity contribution in [1.29, 1.82) is 0 Å². The molecule has 1 N–H and O–H groups in total. The average molecular weight is 272 g/mol. The molecule has 2 heteroatoms. The molecular weight excluding hydrogens is 244 g/mol. The maximum atomic E-state index is 3.75. The van der Waals surface area contributed by atoms with Gasteiger partial charge in [0.2, 0.25) is 0 Å². The quantitative estimate of drug-likeness (QED) is 0.856. The molecule has 2 atom stereocenters. The molecule has 1 saturated heterocycles. The first-order valence-corrected chi connectivity index (χ1v) is 8.24. The van der Waals surface area contributed by atoms with E-state index in [-0.39, 0.29) is 0 Å². The Hall–Kier alpha value is -0.860. The van der Waals surface area contributed by atoms with Gasteiger partial charge in [0.25, 0.3) is 0 Å². The summed E-state index contributed by atoms with van der Waals surface area (Å²) < 4.78 is 0. The largest absolute Gasteiger partial charge is 0.314 e. The molecule has 0 aromatic heterocycles. The second-order valence-corrected chi connectivity index (χ2v) is 6.82. The summed E-state index contributed by atoms with van der Waals surface area (Å²) in [5.41, 5.74) is 2.90. The third-order valence-electron chi connectivity index (χ3n) is 4.92. The van der Waals surface area contributed by atoms with E-state index in [1.54, 1.807) is 0 Å². The summed E-state index contributed by atoms with van der Waals surface area (Å²) in [6.45, 7) is 8.39. The summed E-state index contributed by atoms with van der Waals surface area (Å²) in [6, 6.07) is 10.3. The lowest BCUT2D eigenvalue weighted by atomic mass is 10.0. The van der Waals surface area contributed by atoms with Gasteiger partial charge in [-0.05, 0) is 69.7 Å². The van der Waals surface area contributed by atoms with Crippen LogP contribution in [0.15, 0.2) is 24.3 Å². The molecule has 1 aromatic rings. The van der Waals surface area contributed by atoms with Crippen molar-refractivity contribution >= 4 is 0 Å². The Morgan fingerprint density at radius 1 is 1.25 bits per heavy atom. The zero-order valence-electron chi connectivity index (χ0n) is 12.9. The van der Waals surface area contributed by atoms with Crippen molar-refractivity contribution in [3.8, 4) is 0 Å². The van der Waals surface area contributed by atoms with Crippen molar-refractivity contribution in [1.82, 2.24) is 10.2 Å². The second-order valence-electron chi connectivity index (χ2n) is 6.82. The van der Waals surface area contributed by atoms with Gasteiger partial charge < -0.3 is 10.2 Å². The highest BCUT2D eigenvalue weighted by molar-refractivity contribution is 5.26. The van der Waals surface area contributed by atoms with E-state index in [0.29, 0.717) is 6.04 Å². The van der Waals surface area contributed by atoms with Crippen LogP contribution in [0, 0.1) is 12.8 Å². The lowest BCUT2D eigenvalue weighted by Gasteiger charge is -2.19. The van der Waals surface area contributed by atoms with E-state index < -0.39 is 0 Å². The minimum Gasteiger partial charge on any atom is -0.314 e. The number of aryl methyl sites for hydroxylation is 1. The van der Waals surface area contributed by atoms with Crippen molar-refractivity contribution in [3.05, 3.63) is 35.4 Å². The molecule has 2 fully saturated rings. The van der Waals surface area contributed by atoms with Crippen LogP contribution in [0.2, 0.25) is 0 Å². The molecule has 0 spiro atoms. The van der Waals surface area contributed by atoms with E-state index in [4.69, 9.17) is 0 Å². The van der Waals surface area contributed by atoms with Crippen molar-refractivity contribution in [2.45, 2.75) is 51.6 Å². The predicted octanol–water partition coefficient (Wildman–Crippen LogP) is 3.00. The maximum absolute atomic E-state index is 3.75. The maximum Gasteiger partial charge on any atom is 0.00965 e. The molecule has 1 aliphatic carbocycles. The number of benzene rings is 1. The third-order valence-corrected chi connectivity index (χ3v) is 4.92. The van der Waals surface area contributed by atoms with Gasteiger partial charge >= 0.3 is 0 Å². The van der Waals surface area contributed by atoms with Crippen LogP contribution in [0.4, 0.5) is 0 Å². The smallest absolute Gasteiger partial charge is 0.00965 e. The van der Waals surface area contributed by atoms with Gasteiger partial charge in [-0.1, -0.05) is 24.3 Å². The van der Waals surface area contributed by atoms with Gasteiger partial charge in [-0.3, -0.25) is 0 Å². The topological polar surface area (TPSA) is 15.3 Å². The molecule has 1 saturated carbocycles. The van der Waals surface area contributed by atoms with Crippen LogP contribution in [0.25, 0.3) is 0 Å². The number of hydrogen-bond acceptors (Lipinski definition) is 2. The summed E-state index contributed by atoms with van der Waals surface area (Å²) in [7, 11) is 0. The van der Waals surface area contributed by atoms with Gasteiger partial charge in [-0.2, -0.15) is 0 Å². The molecule has 1 heterocycles. The normalized spacial score (nSPS) is 25.0. The molecule has 0 amide bonds. The Bertz CT molecular complexity index is 439. The average Bonchev–Trinajstić information content (AvgIpc) is 3.18. The standard InChI is InChI=1S/C18H28N2/c1-14-5-3-4-6-17(14)11-15(2)19-12-16-9-10-20(13-16)18-7-8-18/h3-6,15-16,18-19H,7-13H2,1-2H3/t15-,16+/m1/s1. The number of nitrogens with one attached hydrogen (secondary N) is 1. The first-order valence-electron chi connectivity index (χ1n) is 8.24. The van der Waals surface area contributed by atoms with E-state index in [9.17, 15) is 0 Å². The summed E-state index contributed by atoms with van der Waals surface area (Å²) in [4.78, 5) is 2.71. The van der Waals surface area contributed by atoms with Gasteiger partial charge in [0.1, 0.15) is 0 Å². The zero-order valence-corrected chi connectivity index (χ0v) is 12.9. The number of rotatable bonds is 6. The Morgan fingerprint density at radius 3 is 2.80 bits per heavy atom. The van der Waals surface area contributed by atoms with E-state index in [2.05, 4.69) is 48.3 Å². The Kier molecular flexibility index (Phi) is 4.42. The molecule has 0 unspecified atom stereocenters. The van der Waals surface area contributed by atoms with E-state index in [1.165, 1.54) is 50.0 Å². The first-order chi connectivity index (χ1) is 9.72. The Balaban J connectivity index is 1.41. The number of nitrogens with zero attached hydrogens (tertiary/aromatic N) is 1. The van der Waals surface area contributed by atoms with Crippen molar-refractivity contribution in [2.75, 3.05) is 19.6 Å². The number of hydrogen-bond donors (Lipinski definition) is 1. The molecule has 20 heavy (non-hydrogen) atoms. The molecule has 110 valence electrons. The molecular formula is C18H28N2. The van der Waals surface area contributed by atoms with Crippen LogP contribution in [-0.4, -0.2) is 36.6 Å². The van der Waals surface area contributed by atoms with Gasteiger partial charge in [0, 0.05) is 18.6 Å². The molecule has 1 aliphatic heterocycles. The van der Waals surface area contributed by atoms with Crippen molar-refractivity contribution < 1.29 is 0 Å². The molecule has 2 nitrogen and oxygen atoms in total. The molecule has 2 aliphatic rings. The molecule has 0 radical (unpaired) electrons. The van der Waals surface area contributed by atoms with E-state index in [1.807, 2.05) is 0 Å². The Morgan fingerprint density at radius 2 is 2.05 bits per heavy atom. The highest BCUT2D eigenvalue weighted by atomic mass is 15.2. The van der Waals surface area contributed by atoms with Gasteiger partial charge in [-0.15, -0.1) is 0 Å².